The zero-order valence-corrected chi connectivity index (χ0v) is 18.7. The van der Waals surface area contributed by atoms with Crippen molar-refractivity contribution in [2.45, 2.75) is 39.5 Å². The van der Waals surface area contributed by atoms with E-state index in [4.69, 9.17) is 23.2 Å². The summed E-state index contributed by atoms with van der Waals surface area (Å²) in [4.78, 5) is 9.31. The molecule has 2 atom stereocenters. The maximum Gasteiger partial charge on any atom is 0.0409 e. The van der Waals surface area contributed by atoms with Crippen LogP contribution in [0.3, 0.4) is 0 Å². The number of aromatic nitrogens is 2. The summed E-state index contributed by atoms with van der Waals surface area (Å²) in [6, 6.07) is 12.5. The first-order valence-corrected chi connectivity index (χ1v) is 11.9. The van der Waals surface area contributed by atoms with Gasteiger partial charge in [-0.05, 0) is 87.1 Å². The highest BCUT2D eigenvalue weighted by atomic mass is 35.5. The average molecular weight is 425 g/mol. The molecular formula is C22H30Cl2N2S. The molecule has 5 heteroatoms. The van der Waals surface area contributed by atoms with Gasteiger partial charge in [-0.2, -0.15) is 11.8 Å². The molecule has 0 amide bonds. The van der Waals surface area contributed by atoms with Crippen molar-refractivity contribution < 1.29 is 0 Å². The van der Waals surface area contributed by atoms with E-state index in [2.05, 4.69) is 34.2 Å². The lowest BCUT2D eigenvalue weighted by molar-refractivity contribution is 0.551. The third-order valence-electron chi connectivity index (χ3n) is 4.63. The van der Waals surface area contributed by atoms with Crippen LogP contribution in [0.4, 0.5) is 0 Å². The van der Waals surface area contributed by atoms with Crippen LogP contribution in [-0.2, 0) is 12.8 Å². The summed E-state index contributed by atoms with van der Waals surface area (Å²) >= 11 is 14.1. The number of aryl methyl sites for hydroxylation is 2. The van der Waals surface area contributed by atoms with Crippen molar-refractivity contribution >= 4 is 35.0 Å². The van der Waals surface area contributed by atoms with Gasteiger partial charge in [0.2, 0.25) is 0 Å². The number of hydrogen-bond acceptors (Lipinski definition) is 3. The molecule has 0 radical (unpaired) electrons. The number of halogens is 2. The van der Waals surface area contributed by atoms with Gasteiger partial charge in [0.25, 0.3) is 0 Å². The quantitative estimate of drug-likeness (QED) is 0.384. The molecule has 0 aliphatic rings. The molecule has 2 heterocycles. The van der Waals surface area contributed by atoms with Gasteiger partial charge < -0.3 is 0 Å². The van der Waals surface area contributed by atoms with Gasteiger partial charge in [0.1, 0.15) is 0 Å². The summed E-state index contributed by atoms with van der Waals surface area (Å²) in [5, 5.41) is 0. The maximum absolute atomic E-state index is 6.05. The molecule has 2 aromatic heterocycles. The first-order chi connectivity index (χ1) is 13.1. The van der Waals surface area contributed by atoms with Crippen molar-refractivity contribution in [2.75, 3.05) is 23.3 Å². The maximum atomic E-state index is 6.05. The lowest BCUT2D eigenvalue weighted by Gasteiger charge is -2.19. The van der Waals surface area contributed by atoms with Crippen molar-refractivity contribution in [3.8, 4) is 0 Å². The summed E-state index contributed by atoms with van der Waals surface area (Å²) < 4.78 is 0. The Morgan fingerprint density at radius 1 is 0.778 bits per heavy atom. The Kier molecular flexibility index (Phi) is 10.5. The molecule has 0 aliphatic heterocycles. The molecule has 2 rings (SSSR count). The average Bonchev–Trinajstić information content (AvgIpc) is 2.62. The fraction of sp³-hybridized carbons (Fsp3) is 0.545. The van der Waals surface area contributed by atoms with Gasteiger partial charge in [-0.15, -0.1) is 23.2 Å². The first kappa shape index (κ1) is 22.5. The van der Waals surface area contributed by atoms with Crippen LogP contribution in [-0.4, -0.2) is 33.2 Å². The third kappa shape index (κ3) is 8.85. The predicted molar refractivity (Wildman–Crippen MR) is 120 cm³/mol. The van der Waals surface area contributed by atoms with Gasteiger partial charge in [0.05, 0.1) is 0 Å². The Balaban J connectivity index is 1.86. The highest BCUT2D eigenvalue weighted by molar-refractivity contribution is 7.99. The predicted octanol–water partition coefficient (Wildman–Crippen LogP) is 6.10. The summed E-state index contributed by atoms with van der Waals surface area (Å²) in [6.07, 6.45) is 4.07. The molecule has 0 saturated heterocycles. The monoisotopic (exact) mass is 424 g/mol. The van der Waals surface area contributed by atoms with Crippen molar-refractivity contribution in [1.82, 2.24) is 9.97 Å². The molecule has 2 aromatic rings. The SMILES string of the molecule is Cc1cccc(CC(CCCl)CSCC(CCCl)Cc2cccc(C)n2)n1. The van der Waals surface area contributed by atoms with Crippen LogP contribution >= 0.6 is 35.0 Å². The van der Waals surface area contributed by atoms with Crippen molar-refractivity contribution in [3.63, 3.8) is 0 Å². The summed E-state index contributed by atoms with van der Waals surface area (Å²) in [5.41, 5.74) is 4.51. The van der Waals surface area contributed by atoms with Crippen LogP contribution in [0.25, 0.3) is 0 Å². The molecule has 2 unspecified atom stereocenters. The molecule has 0 fully saturated rings. The lowest BCUT2D eigenvalue weighted by Crippen LogP contribution is -2.14. The van der Waals surface area contributed by atoms with E-state index in [9.17, 15) is 0 Å². The molecule has 0 aliphatic carbocycles. The molecule has 0 saturated carbocycles. The van der Waals surface area contributed by atoms with E-state index >= 15 is 0 Å². The van der Waals surface area contributed by atoms with Crippen LogP contribution in [0.15, 0.2) is 36.4 Å². The minimum atomic E-state index is 0.565. The molecule has 0 N–H and O–H groups in total. The number of hydrogen-bond donors (Lipinski definition) is 0. The van der Waals surface area contributed by atoms with Crippen LogP contribution in [0.1, 0.15) is 35.6 Å². The molecule has 0 spiro atoms. The summed E-state index contributed by atoms with van der Waals surface area (Å²) in [6.45, 7) is 4.09. The van der Waals surface area contributed by atoms with Gasteiger partial charge in [-0.25, -0.2) is 0 Å². The minimum absolute atomic E-state index is 0.565. The smallest absolute Gasteiger partial charge is 0.0409 e. The Labute approximate surface area is 178 Å². The fourth-order valence-corrected chi connectivity index (χ4v) is 5.21. The molecule has 0 bridgehead atoms. The number of alkyl halides is 2. The normalized spacial score (nSPS) is 13.5. The van der Waals surface area contributed by atoms with Crippen LogP contribution in [0.5, 0.6) is 0 Å². The van der Waals surface area contributed by atoms with E-state index in [0.29, 0.717) is 23.6 Å². The zero-order valence-electron chi connectivity index (χ0n) is 16.3. The fourth-order valence-electron chi connectivity index (χ4n) is 3.22. The first-order valence-electron chi connectivity index (χ1n) is 9.65. The van der Waals surface area contributed by atoms with E-state index < -0.39 is 0 Å². The van der Waals surface area contributed by atoms with Gasteiger partial charge >= 0.3 is 0 Å². The van der Waals surface area contributed by atoms with Gasteiger partial charge in [-0.3, -0.25) is 9.97 Å². The van der Waals surface area contributed by atoms with Crippen molar-refractivity contribution in [2.24, 2.45) is 11.8 Å². The number of pyridine rings is 2. The Morgan fingerprint density at radius 2 is 1.22 bits per heavy atom. The van der Waals surface area contributed by atoms with E-state index in [1.54, 1.807) is 0 Å². The Hall–Kier alpha value is -0.770. The zero-order chi connectivity index (χ0) is 19.5. The van der Waals surface area contributed by atoms with E-state index in [1.165, 1.54) is 11.4 Å². The van der Waals surface area contributed by atoms with E-state index in [-0.39, 0.29) is 0 Å². The van der Waals surface area contributed by atoms with Crippen LogP contribution in [0.2, 0.25) is 0 Å². The van der Waals surface area contributed by atoms with E-state index in [0.717, 1.165) is 48.6 Å². The lowest BCUT2D eigenvalue weighted by atomic mass is 10.0. The van der Waals surface area contributed by atoms with Crippen molar-refractivity contribution in [1.29, 1.82) is 0 Å². The van der Waals surface area contributed by atoms with E-state index in [1.807, 2.05) is 37.7 Å². The summed E-state index contributed by atoms with van der Waals surface area (Å²) in [5.74, 6) is 4.77. The highest BCUT2D eigenvalue weighted by Gasteiger charge is 2.15. The second-order valence-corrected chi connectivity index (χ2v) is 9.00. The minimum Gasteiger partial charge on any atom is -0.258 e. The highest BCUT2D eigenvalue weighted by Crippen LogP contribution is 2.23. The topological polar surface area (TPSA) is 25.8 Å². The largest absolute Gasteiger partial charge is 0.258 e. The second kappa shape index (κ2) is 12.6. The molecular weight excluding hydrogens is 395 g/mol. The molecule has 148 valence electrons. The van der Waals surface area contributed by atoms with Crippen LogP contribution < -0.4 is 0 Å². The van der Waals surface area contributed by atoms with Gasteiger partial charge in [0.15, 0.2) is 0 Å². The number of nitrogens with zero attached hydrogens (tertiary/aromatic N) is 2. The second-order valence-electron chi connectivity index (χ2n) is 7.17. The molecule has 0 aromatic carbocycles. The molecule has 27 heavy (non-hydrogen) atoms. The third-order valence-corrected chi connectivity index (χ3v) is 6.48. The van der Waals surface area contributed by atoms with Gasteiger partial charge in [-0.1, -0.05) is 12.1 Å². The van der Waals surface area contributed by atoms with Gasteiger partial charge in [0, 0.05) is 34.5 Å². The Bertz CT molecular complexity index is 623. The van der Waals surface area contributed by atoms with Crippen molar-refractivity contribution in [3.05, 3.63) is 59.2 Å². The molecule has 2 nitrogen and oxygen atoms in total. The van der Waals surface area contributed by atoms with Crippen LogP contribution in [0, 0.1) is 25.7 Å². The number of rotatable bonds is 12. The summed E-state index contributed by atoms with van der Waals surface area (Å²) in [7, 11) is 0. The Morgan fingerprint density at radius 3 is 1.59 bits per heavy atom. The standard InChI is InChI=1S/C22H30Cl2N2S/c1-17-5-3-7-21(25-17)13-19(9-11-23)15-27-16-20(10-12-24)14-22-8-4-6-18(2)26-22/h3-8,19-20H,9-16H2,1-2H3. The number of thioether (sulfide) groups is 1.